The van der Waals surface area contributed by atoms with Crippen molar-refractivity contribution < 1.29 is 22.3 Å². The molecule has 0 amide bonds. The van der Waals surface area contributed by atoms with Crippen molar-refractivity contribution in [3.63, 3.8) is 0 Å². The van der Waals surface area contributed by atoms with Crippen LogP contribution in [0.2, 0.25) is 0 Å². The summed E-state index contributed by atoms with van der Waals surface area (Å²) in [6, 6.07) is -0.348. The zero-order valence-electron chi connectivity index (χ0n) is 12.2. The van der Waals surface area contributed by atoms with E-state index in [1.54, 1.807) is 17.1 Å². The fraction of sp³-hybridized carbons (Fsp3) is 0.769. The molecule has 0 fully saturated rings. The Morgan fingerprint density at radius 2 is 2.10 bits per heavy atom. The molecule has 1 atom stereocenters. The predicted molar refractivity (Wildman–Crippen MR) is 70.7 cm³/mol. The van der Waals surface area contributed by atoms with E-state index in [1.165, 1.54) is 0 Å². The summed E-state index contributed by atoms with van der Waals surface area (Å²) < 4.78 is 56.2. The summed E-state index contributed by atoms with van der Waals surface area (Å²) in [5, 5.41) is 7.23. The van der Waals surface area contributed by atoms with Crippen molar-refractivity contribution in [1.82, 2.24) is 15.1 Å². The number of halogens is 4. The van der Waals surface area contributed by atoms with Gasteiger partial charge < -0.3 is 10.1 Å². The lowest BCUT2D eigenvalue weighted by atomic mass is 10.1. The number of nitrogens with one attached hydrogen (secondary N) is 1. The minimum Gasteiger partial charge on any atom is -0.373 e. The van der Waals surface area contributed by atoms with Crippen LogP contribution in [0.1, 0.15) is 31.9 Å². The highest BCUT2D eigenvalue weighted by atomic mass is 19.3. The normalized spacial score (nSPS) is 13.9. The van der Waals surface area contributed by atoms with E-state index in [4.69, 9.17) is 4.74 Å². The Bertz CT molecular complexity index is 412. The second kappa shape index (κ2) is 8.33. The van der Waals surface area contributed by atoms with E-state index in [1.807, 2.05) is 13.8 Å². The van der Waals surface area contributed by atoms with Crippen LogP contribution in [-0.4, -0.2) is 41.9 Å². The number of aryl methyl sites for hydroxylation is 1. The molecule has 1 rings (SSSR count). The minimum absolute atomic E-state index is 0.113. The van der Waals surface area contributed by atoms with Crippen LogP contribution in [0.15, 0.2) is 12.4 Å². The molecule has 1 N–H and O–H groups in total. The molecule has 0 saturated heterocycles. The highest BCUT2D eigenvalue weighted by Crippen LogP contribution is 2.23. The first-order valence-electron chi connectivity index (χ1n) is 6.90. The largest absolute Gasteiger partial charge is 0.373 e. The highest BCUT2D eigenvalue weighted by molar-refractivity contribution is 5.10. The van der Waals surface area contributed by atoms with Gasteiger partial charge in [-0.2, -0.15) is 13.9 Å². The zero-order valence-corrected chi connectivity index (χ0v) is 12.2. The third-order valence-electron chi connectivity index (χ3n) is 2.92. The maximum absolute atomic E-state index is 12.8. The van der Waals surface area contributed by atoms with E-state index in [0.717, 1.165) is 12.0 Å². The monoisotopic (exact) mass is 311 g/mol. The average Bonchev–Trinajstić information content (AvgIpc) is 2.91. The maximum atomic E-state index is 12.8. The van der Waals surface area contributed by atoms with Crippen molar-refractivity contribution in [1.29, 1.82) is 0 Å². The van der Waals surface area contributed by atoms with Gasteiger partial charge in [0.05, 0.1) is 18.8 Å². The molecule has 1 aromatic rings. The zero-order chi connectivity index (χ0) is 15.9. The number of nitrogens with zero attached hydrogens (tertiary/aromatic N) is 2. The van der Waals surface area contributed by atoms with Crippen LogP contribution < -0.4 is 5.32 Å². The number of hydrogen-bond donors (Lipinski definition) is 1. The summed E-state index contributed by atoms with van der Waals surface area (Å²) in [6.45, 7) is 3.83. The van der Waals surface area contributed by atoms with Gasteiger partial charge in [-0.15, -0.1) is 0 Å². The van der Waals surface area contributed by atoms with Gasteiger partial charge in [-0.1, -0.05) is 6.92 Å². The first-order chi connectivity index (χ1) is 9.90. The number of aromatic nitrogens is 2. The molecule has 0 aliphatic heterocycles. The van der Waals surface area contributed by atoms with E-state index in [2.05, 4.69) is 10.4 Å². The predicted octanol–water partition coefficient (Wildman–Crippen LogP) is 2.86. The topological polar surface area (TPSA) is 39.1 Å². The molecular weight excluding hydrogens is 290 g/mol. The Balaban J connectivity index is 2.58. The first kappa shape index (κ1) is 17.9. The van der Waals surface area contributed by atoms with Crippen LogP contribution in [-0.2, 0) is 11.3 Å². The van der Waals surface area contributed by atoms with Gasteiger partial charge in [-0.3, -0.25) is 4.68 Å². The van der Waals surface area contributed by atoms with Gasteiger partial charge in [0, 0.05) is 18.3 Å². The van der Waals surface area contributed by atoms with Gasteiger partial charge in [0.25, 0.3) is 0 Å². The van der Waals surface area contributed by atoms with Crippen molar-refractivity contribution >= 4 is 0 Å². The van der Waals surface area contributed by atoms with E-state index in [0.29, 0.717) is 13.1 Å². The molecular formula is C13H21F4N3O. The molecule has 1 heterocycles. The summed E-state index contributed by atoms with van der Waals surface area (Å²) in [6.07, 6.45) is 0.529. The number of alkyl halides is 4. The lowest BCUT2D eigenvalue weighted by Crippen LogP contribution is -2.34. The van der Waals surface area contributed by atoms with Gasteiger partial charge in [0.15, 0.2) is 0 Å². The van der Waals surface area contributed by atoms with E-state index in [9.17, 15) is 17.6 Å². The maximum Gasteiger partial charge on any atom is 0.330 e. The van der Waals surface area contributed by atoms with Crippen LogP contribution in [0.5, 0.6) is 0 Å². The molecule has 8 heteroatoms. The van der Waals surface area contributed by atoms with Crippen molar-refractivity contribution in [2.24, 2.45) is 0 Å². The SMILES string of the molecule is CCCNC(COCC(F)(F)C(F)F)c1cnn(CC)c1. The fourth-order valence-electron chi connectivity index (χ4n) is 1.70. The smallest absolute Gasteiger partial charge is 0.330 e. The van der Waals surface area contributed by atoms with Crippen molar-refractivity contribution in [3.05, 3.63) is 18.0 Å². The average molecular weight is 311 g/mol. The molecule has 1 aromatic heterocycles. The fourth-order valence-corrected chi connectivity index (χ4v) is 1.70. The van der Waals surface area contributed by atoms with E-state index >= 15 is 0 Å². The Morgan fingerprint density at radius 1 is 1.38 bits per heavy atom. The molecule has 0 spiro atoms. The molecule has 0 aromatic carbocycles. The van der Waals surface area contributed by atoms with Crippen molar-refractivity contribution in [2.75, 3.05) is 19.8 Å². The standard InChI is InChI=1S/C13H21F4N3O/c1-3-5-18-11(10-6-19-20(4-2)7-10)8-21-9-13(16,17)12(14)15/h6-7,11-12,18H,3-5,8-9H2,1-2H3. The highest BCUT2D eigenvalue weighted by Gasteiger charge is 2.41. The van der Waals surface area contributed by atoms with Crippen LogP contribution >= 0.6 is 0 Å². The number of rotatable bonds is 10. The van der Waals surface area contributed by atoms with Gasteiger partial charge in [0.2, 0.25) is 0 Å². The second-order valence-corrected chi connectivity index (χ2v) is 4.71. The Hall–Kier alpha value is -1.15. The Labute approximate surface area is 121 Å². The van der Waals surface area contributed by atoms with Crippen LogP contribution in [0.3, 0.4) is 0 Å². The molecule has 0 saturated carbocycles. The molecule has 21 heavy (non-hydrogen) atoms. The van der Waals surface area contributed by atoms with Gasteiger partial charge in [0.1, 0.15) is 6.61 Å². The van der Waals surface area contributed by atoms with Gasteiger partial charge in [-0.25, -0.2) is 8.78 Å². The third kappa shape index (κ3) is 5.62. The Kier molecular flexibility index (Phi) is 7.10. The molecule has 0 radical (unpaired) electrons. The summed E-state index contributed by atoms with van der Waals surface area (Å²) >= 11 is 0. The van der Waals surface area contributed by atoms with Crippen LogP contribution in [0.25, 0.3) is 0 Å². The van der Waals surface area contributed by atoms with Crippen LogP contribution in [0.4, 0.5) is 17.6 Å². The minimum atomic E-state index is -4.12. The molecule has 1 unspecified atom stereocenters. The molecule has 0 aliphatic carbocycles. The second-order valence-electron chi connectivity index (χ2n) is 4.71. The number of ether oxygens (including phenoxy) is 1. The van der Waals surface area contributed by atoms with E-state index < -0.39 is 19.0 Å². The summed E-state index contributed by atoms with van der Waals surface area (Å²) in [7, 11) is 0. The summed E-state index contributed by atoms with van der Waals surface area (Å²) in [4.78, 5) is 0. The van der Waals surface area contributed by atoms with Gasteiger partial charge in [-0.05, 0) is 19.9 Å². The van der Waals surface area contributed by atoms with Gasteiger partial charge >= 0.3 is 12.3 Å². The lowest BCUT2D eigenvalue weighted by Gasteiger charge is -2.20. The van der Waals surface area contributed by atoms with E-state index in [-0.39, 0.29) is 12.6 Å². The lowest BCUT2D eigenvalue weighted by molar-refractivity contribution is -0.167. The quantitative estimate of drug-likeness (QED) is 0.675. The summed E-state index contributed by atoms with van der Waals surface area (Å²) in [5.74, 6) is -4.12. The molecule has 0 aliphatic rings. The number of hydrogen-bond acceptors (Lipinski definition) is 3. The summed E-state index contributed by atoms with van der Waals surface area (Å²) in [5.41, 5.74) is 0.783. The molecule has 4 nitrogen and oxygen atoms in total. The molecule has 0 bridgehead atoms. The molecule has 122 valence electrons. The first-order valence-corrected chi connectivity index (χ1v) is 6.90. The Morgan fingerprint density at radius 3 is 2.62 bits per heavy atom. The van der Waals surface area contributed by atoms with Crippen LogP contribution in [0, 0.1) is 0 Å². The van der Waals surface area contributed by atoms with Crippen molar-refractivity contribution in [2.45, 2.75) is 45.2 Å². The third-order valence-corrected chi connectivity index (χ3v) is 2.92. The van der Waals surface area contributed by atoms with Crippen molar-refractivity contribution in [3.8, 4) is 0 Å².